The van der Waals surface area contributed by atoms with Crippen molar-refractivity contribution in [2.24, 2.45) is 0 Å². The number of amides is 2. The van der Waals surface area contributed by atoms with E-state index in [4.69, 9.17) is 0 Å². The van der Waals surface area contributed by atoms with Gasteiger partial charge in [-0.25, -0.2) is 0 Å². The fourth-order valence-corrected chi connectivity index (χ4v) is 2.79. The minimum Gasteiger partial charge on any atom is -0.340 e. The molecule has 1 saturated heterocycles. The molecule has 1 N–H and O–H groups in total. The van der Waals surface area contributed by atoms with Gasteiger partial charge in [0.25, 0.3) is 0 Å². The smallest absolute Gasteiger partial charge is 0.238 e. The molecule has 0 unspecified atom stereocenters. The van der Waals surface area contributed by atoms with Gasteiger partial charge in [-0.05, 0) is 23.6 Å². The number of aromatic nitrogens is 1. The normalized spacial score (nSPS) is 15.6. The predicted octanol–water partition coefficient (Wildman–Crippen LogP) is 1.34. The number of benzene rings is 1. The monoisotopic (exact) mass is 312 g/mol. The van der Waals surface area contributed by atoms with Gasteiger partial charge in [-0.3, -0.25) is 19.5 Å². The number of rotatable bonds is 3. The van der Waals surface area contributed by atoms with Crippen molar-refractivity contribution in [3.63, 3.8) is 0 Å². The van der Waals surface area contributed by atoms with Crippen molar-refractivity contribution < 1.29 is 9.59 Å². The molecule has 0 saturated carbocycles. The number of carbonyl (C=O) groups is 2. The molecule has 2 aromatic rings. The van der Waals surface area contributed by atoms with E-state index < -0.39 is 0 Å². The lowest BCUT2D eigenvalue weighted by Crippen LogP contribution is -2.49. The maximum Gasteiger partial charge on any atom is 0.238 e. The van der Waals surface area contributed by atoms with E-state index in [-0.39, 0.29) is 11.8 Å². The Kier molecular flexibility index (Phi) is 4.52. The Labute approximate surface area is 135 Å². The van der Waals surface area contributed by atoms with E-state index in [0.29, 0.717) is 19.6 Å². The van der Waals surface area contributed by atoms with E-state index in [1.54, 1.807) is 19.3 Å². The second-order valence-electron chi connectivity index (χ2n) is 5.77. The van der Waals surface area contributed by atoms with E-state index in [0.717, 1.165) is 29.5 Å². The van der Waals surface area contributed by atoms with Crippen molar-refractivity contribution in [3.8, 4) is 0 Å². The maximum atomic E-state index is 12.2. The average Bonchev–Trinajstić information content (AvgIpc) is 2.55. The number of carbonyl (C=O) groups excluding carboxylic acids is 2. The van der Waals surface area contributed by atoms with Crippen LogP contribution >= 0.6 is 0 Å². The number of pyridine rings is 1. The summed E-state index contributed by atoms with van der Waals surface area (Å²) in [4.78, 5) is 31.4. The number of anilines is 1. The summed E-state index contributed by atoms with van der Waals surface area (Å²) in [5, 5.41) is 5.03. The topological polar surface area (TPSA) is 65.5 Å². The van der Waals surface area contributed by atoms with Crippen molar-refractivity contribution >= 4 is 28.3 Å². The number of nitrogens with one attached hydrogen (secondary N) is 1. The standard InChI is InChI=1S/C17H20N4O2/c1-13(22)21-8-6-20(7-9-21)12-17(23)19-16-3-2-15-11-18-5-4-14(15)10-16/h2-5,10-11H,6-9,12H2,1H3,(H,19,23). The van der Waals surface area contributed by atoms with Crippen molar-refractivity contribution in [2.75, 3.05) is 38.0 Å². The molecule has 2 amide bonds. The highest BCUT2D eigenvalue weighted by Gasteiger charge is 2.20. The molecule has 0 radical (unpaired) electrons. The Morgan fingerprint density at radius 2 is 1.91 bits per heavy atom. The van der Waals surface area contributed by atoms with Crippen LogP contribution in [0.2, 0.25) is 0 Å². The largest absolute Gasteiger partial charge is 0.340 e. The second-order valence-corrected chi connectivity index (χ2v) is 5.77. The minimum atomic E-state index is -0.0327. The second kappa shape index (κ2) is 6.75. The number of hydrogen-bond acceptors (Lipinski definition) is 4. The molecule has 23 heavy (non-hydrogen) atoms. The van der Waals surface area contributed by atoms with Gasteiger partial charge in [-0.1, -0.05) is 6.07 Å². The van der Waals surface area contributed by atoms with Gasteiger partial charge in [-0.15, -0.1) is 0 Å². The Balaban J connectivity index is 1.55. The van der Waals surface area contributed by atoms with Gasteiger partial charge in [0.1, 0.15) is 0 Å². The predicted molar refractivity (Wildman–Crippen MR) is 89.1 cm³/mol. The lowest BCUT2D eigenvalue weighted by atomic mass is 10.1. The summed E-state index contributed by atoms with van der Waals surface area (Å²) in [7, 11) is 0. The summed E-state index contributed by atoms with van der Waals surface area (Å²) in [6.45, 7) is 4.77. The van der Waals surface area contributed by atoms with Crippen LogP contribution in [0.4, 0.5) is 5.69 Å². The third-order valence-electron chi connectivity index (χ3n) is 4.11. The van der Waals surface area contributed by atoms with Crippen LogP contribution in [-0.4, -0.2) is 59.3 Å². The van der Waals surface area contributed by atoms with Crippen molar-refractivity contribution in [2.45, 2.75) is 6.92 Å². The van der Waals surface area contributed by atoms with Crippen LogP contribution in [0.1, 0.15) is 6.92 Å². The fourth-order valence-electron chi connectivity index (χ4n) is 2.79. The van der Waals surface area contributed by atoms with Crippen molar-refractivity contribution in [1.29, 1.82) is 0 Å². The van der Waals surface area contributed by atoms with Crippen LogP contribution < -0.4 is 5.32 Å². The number of piperazine rings is 1. The Hall–Kier alpha value is -2.47. The first-order valence-electron chi connectivity index (χ1n) is 7.73. The minimum absolute atomic E-state index is 0.0327. The SMILES string of the molecule is CC(=O)N1CCN(CC(=O)Nc2ccc3cnccc3c2)CC1. The molecule has 0 spiro atoms. The number of fused-ring (bicyclic) bond motifs is 1. The molecule has 1 fully saturated rings. The van der Waals surface area contributed by atoms with Crippen LogP contribution in [0.3, 0.4) is 0 Å². The van der Waals surface area contributed by atoms with Gasteiger partial charge in [0.05, 0.1) is 6.54 Å². The van der Waals surface area contributed by atoms with Gasteiger partial charge in [0.15, 0.2) is 0 Å². The van der Waals surface area contributed by atoms with Gasteiger partial charge in [-0.2, -0.15) is 0 Å². The van der Waals surface area contributed by atoms with Crippen molar-refractivity contribution in [3.05, 3.63) is 36.7 Å². The zero-order valence-electron chi connectivity index (χ0n) is 13.2. The molecule has 0 atom stereocenters. The van der Waals surface area contributed by atoms with Gasteiger partial charge < -0.3 is 10.2 Å². The van der Waals surface area contributed by atoms with Crippen LogP contribution in [0, 0.1) is 0 Å². The molecular formula is C17H20N4O2. The molecule has 0 aliphatic carbocycles. The average molecular weight is 312 g/mol. The third kappa shape index (κ3) is 3.84. The Morgan fingerprint density at radius 1 is 1.13 bits per heavy atom. The molecule has 6 heteroatoms. The van der Waals surface area contributed by atoms with Gasteiger partial charge in [0.2, 0.25) is 11.8 Å². The highest BCUT2D eigenvalue weighted by molar-refractivity contribution is 5.95. The zero-order chi connectivity index (χ0) is 16.2. The first kappa shape index (κ1) is 15.4. The van der Waals surface area contributed by atoms with E-state index >= 15 is 0 Å². The molecule has 0 bridgehead atoms. The van der Waals surface area contributed by atoms with E-state index in [2.05, 4.69) is 15.2 Å². The van der Waals surface area contributed by atoms with Crippen LogP contribution in [0.15, 0.2) is 36.7 Å². The molecule has 2 heterocycles. The van der Waals surface area contributed by atoms with Gasteiger partial charge >= 0.3 is 0 Å². The highest BCUT2D eigenvalue weighted by Crippen LogP contribution is 2.18. The van der Waals surface area contributed by atoms with E-state index in [1.807, 2.05) is 29.2 Å². The molecule has 3 rings (SSSR count). The van der Waals surface area contributed by atoms with Crippen LogP contribution in [0.5, 0.6) is 0 Å². The fraction of sp³-hybridized carbons (Fsp3) is 0.353. The third-order valence-corrected chi connectivity index (χ3v) is 4.11. The quantitative estimate of drug-likeness (QED) is 0.929. The first-order chi connectivity index (χ1) is 11.1. The van der Waals surface area contributed by atoms with E-state index in [1.165, 1.54) is 0 Å². The lowest BCUT2D eigenvalue weighted by Gasteiger charge is -2.33. The van der Waals surface area contributed by atoms with Crippen LogP contribution in [0.25, 0.3) is 10.8 Å². The maximum absolute atomic E-state index is 12.2. The molecule has 1 aliphatic rings. The molecule has 1 aromatic carbocycles. The lowest BCUT2D eigenvalue weighted by molar-refractivity contribution is -0.130. The molecular weight excluding hydrogens is 292 g/mol. The summed E-state index contributed by atoms with van der Waals surface area (Å²) in [6.07, 6.45) is 3.54. The van der Waals surface area contributed by atoms with Crippen LogP contribution in [-0.2, 0) is 9.59 Å². The zero-order valence-corrected chi connectivity index (χ0v) is 13.2. The molecule has 1 aliphatic heterocycles. The summed E-state index contributed by atoms with van der Waals surface area (Å²) in [5.41, 5.74) is 0.788. The number of hydrogen-bond donors (Lipinski definition) is 1. The first-order valence-corrected chi connectivity index (χ1v) is 7.73. The van der Waals surface area contributed by atoms with Crippen molar-refractivity contribution in [1.82, 2.24) is 14.8 Å². The van der Waals surface area contributed by atoms with E-state index in [9.17, 15) is 9.59 Å². The molecule has 6 nitrogen and oxygen atoms in total. The summed E-state index contributed by atoms with van der Waals surface area (Å²) < 4.78 is 0. The summed E-state index contributed by atoms with van der Waals surface area (Å²) in [6, 6.07) is 7.70. The number of nitrogens with zero attached hydrogens (tertiary/aromatic N) is 3. The molecule has 1 aromatic heterocycles. The Morgan fingerprint density at radius 3 is 2.65 bits per heavy atom. The molecule has 120 valence electrons. The summed E-state index contributed by atoms with van der Waals surface area (Å²) >= 11 is 0. The van der Waals surface area contributed by atoms with Gasteiger partial charge in [0, 0.05) is 56.6 Å². The summed E-state index contributed by atoms with van der Waals surface area (Å²) in [5.74, 6) is 0.0643. The highest BCUT2D eigenvalue weighted by atomic mass is 16.2. The Bertz CT molecular complexity index is 723.